The molecule has 3 aromatic heterocycles. The van der Waals surface area contributed by atoms with Crippen LogP contribution in [-0.4, -0.2) is 33.2 Å². The molecule has 0 saturated carbocycles. The number of para-hydroxylation sites is 1. The predicted octanol–water partition coefficient (Wildman–Crippen LogP) is 4.77. The van der Waals surface area contributed by atoms with E-state index in [0.29, 0.717) is 31.7 Å². The quantitative estimate of drug-likeness (QED) is 0.407. The Hall–Kier alpha value is -3.45. The van der Waals surface area contributed by atoms with Crippen molar-refractivity contribution < 1.29 is 9.59 Å². The molecule has 0 spiro atoms. The maximum Gasteiger partial charge on any atom is 0.267 e. The van der Waals surface area contributed by atoms with E-state index in [4.69, 9.17) is 0 Å². The molecule has 0 saturated heterocycles. The first-order valence-electron chi connectivity index (χ1n) is 11.7. The minimum Gasteiger partial charge on any atom is -0.351 e. The zero-order valence-corrected chi connectivity index (χ0v) is 20.1. The van der Waals surface area contributed by atoms with Gasteiger partial charge in [-0.1, -0.05) is 24.3 Å². The minimum absolute atomic E-state index is 0.133. The summed E-state index contributed by atoms with van der Waals surface area (Å²) in [6.45, 7) is 3.69. The number of carbonyl (C=O) groups excluding carboxylic acids is 2. The molecule has 0 radical (unpaired) electrons. The number of nitrogens with one attached hydrogen (secondary N) is 2. The molecular formula is C27H28N4O2S. The Morgan fingerprint density at radius 1 is 1.21 bits per heavy atom. The normalized spacial score (nSPS) is 13.1. The van der Waals surface area contributed by atoms with Gasteiger partial charge < -0.3 is 15.2 Å². The van der Waals surface area contributed by atoms with Crippen LogP contribution in [0, 0.1) is 6.92 Å². The van der Waals surface area contributed by atoms with Gasteiger partial charge in [0.1, 0.15) is 5.69 Å². The lowest BCUT2D eigenvalue weighted by Gasteiger charge is -2.30. The zero-order chi connectivity index (χ0) is 23.5. The Morgan fingerprint density at radius 3 is 2.91 bits per heavy atom. The number of carbonyl (C=O) groups is 2. The summed E-state index contributed by atoms with van der Waals surface area (Å²) in [5.74, 6) is 0.0722. The summed E-state index contributed by atoms with van der Waals surface area (Å²) < 4.78 is 0. The second-order valence-electron chi connectivity index (χ2n) is 8.78. The maximum absolute atomic E-state index is 12.8. The molecule has 0 unspecified atom stereocenters. The first kappa shape index (κ1) is 22.3. The van der Waals surface area contributed by atoms with Crippen molar-refractivity contribution in [3.8, 4) is 0 Å². The molecule has 2 N–H and O–H groups in total. The number of H-pyrrole nitrogens is 1. The van der Waals surface area contributed by atoms with Crippen LogP contribution >= 0.6 is 11.3 Å². The van der Waals surface area contributed by atoms with Crippen LogP contribution < -0.4 is 5.32 Å². The Morgan fingerprint density at radius 2 is 2.09 bits per heavy atom. The number of aromatic nitrogens is 2. The average molecular weight is 473 g/mol. The van der Waals surface area contributed by atoms with Crippen molar-refractivity contribution in [2.45, 2.75) is 45.7 Å². The number of thiophene rings is 1. The standard InChI is InChI=1S/C27H28N4O2S/c1-18-23(16-29-27(33)25-14-19-6-2-3-9-24(19)30-25)22-11-12-31(17-20(22)15-28-18)26(32)10-4-7-21-8-5-13-34-21/h2-3,5-6,8-9,13-15,30H,4,7,10-12,16-17H2,1H3,(H,29,33). The number of aryl methyl sites for hydroxylation is 2. The van der Waals surface area contributed by atoms with E-state index in [1.165, 1.54) is 10.4 Å². The molecule has 1 aliphatic heterocycles. The van der Waals surface area contributed by atoms with E-state index in [1.807, 2.05) is 48.4 Å². The van der Waals surface area contributed by atoms with E-state index in [9.17, 15) is 9.59 Å². The molecule has 4 aromatic rings. The molecule has 0 aliphatic carbocycles. The third-order valence-electron chi connectivity index (χ3n) is 6.54. The number of fused-ring (bicyclic) bond motifs is 2. The number of nitrogens with zero attached hydrogens (tertiary/aromatic N) is 2. The van der Waals surface area contributed by atoms with Crippen molar-refractivity contribution in [3.05, 3.63) is 87.0 Å². The summed E-state index contributed by atoms with van der Waals surface area (Å²) in [6.07, 6.45) is 5.07. The molecule has 0 atom stereocenters. The predicted molar refractivity (Wildman–Crippen MR) is 135 cm³/mol. The highest BCUT2D eigenvalue weighted by molar-refractivity contribution is 7.09. The number of pyridine rings is 1. The lowest BCUT2D eigenvalue weighted by Crippen LogP contribution is -2.37. The SMILES string of the molecule is Cc1ncc2c(c1CNC(=O)c1cc3ccccc3[nH]1)CCN(C(=O)CCCc1cccs1)C2. The number of hydrogen-bond donors (Lipinski definition) is 2. The fourth-order valence-corrected chi connectivity index (χ4v) is 5.41. The van der Waals surface area contributed by atoms with Gasteiger partial charge in [0.05, 0.1) is 0 Å². The second-order valence-corrected chi connectivity index (χ2v) is 9.81. The summed E-state index contributed by atoms with van der Waals surface area (Å²) in [5, 5.41) is 6.15. The van der Waals surface area contributed by atoms with Crippen LogP contribution in [0.1, 0.15) is 50.6 Å². The fourth-order valence-electron chi connectivity index (χ4n) is 4.66. The van der Waals surface area contributed by atoms with Crippen molar-refractivity contribution in [2.75, 3.05) is 6.54 Å². The summed E-state index contributed by atoms with van der Waals surface area (Å²) in [7, 11) is 0. The Labute approximate surface area is 203 Å². The highest BCUT2D eigenvalue weighted by atomic mass is 32.1. The van der Waals surface area contributed by atoms with Crippen molar-refractivity contribution in [2.24, 2.45) is 0 Å². The molecule has 1 aromatic carbocycles. The van der Waals surface area contributed by atoms with E-state index in [2.05, 4.69) is 32.8 Å². The van der Waals surface area contributed by atoms with Gasteiger partial charge in [0, 0.05) is 53.7 Å². The van der Waals surface area contributed by atoms with Gasteiger partial charge in [-0.15, -0.1) is 11.3 Å². The zero-order valence-electron chi connectivity index (χ0n) is 19.3. The average Bonchev–Trinajstić information content (AvgIpc) is 3.53. The molecule has 34 heavy (non-hydrogen) atoms. The molecule has 7 heteroatoms. The van der Waals surface area contributed by atoms with Gasteiger partial charge >= 0.3 is 0 Å². The number of aromatic amines is 1. The third kappa shape index (κ3) is 4.75. The van der Waals surface area contributed by atoms with Crippen molar-refractivity contribution in [3.63, 3.8) is 0 Å². The molecule has 0 bridgehead atoms. The van der Waals surface area contributed by atoms with Crippen molar-refractivity contribution in [1.29, 1.82) is 0 Å². The largest absolute Gasteiger partial charge is 0.351 e. The first-order chi connectivity index (χ1) is 16.6. The van der Waals surface area contributed by atoms with Gasteiger partial charge in [-0.25, -0.2) is 0 Å². The molecule has 5 rings (SSSR count). The summed E-state index contributed by atoms with van der Waals surface area (Å²) >= 11 is 1.74. The van der Waals surface area contributed by atoms with Gasteiger partial charge in [-0.05, 0) is 66.5 Å². The molecule has 174 valence electrons. The third-order valence-corrected chi connectivity index (χ3v) is 7.48. The fraction of sp³-hybridized carbons (Fsp3) is 0.296. The van der Waals surface area contributed by atoms with E-state index in [1.54, 1.807) is 11.3 Å². The van der Waals surface area contributed by atoms with Gasteiger partial charge in [-0.3, -0.25) is 14.6 Å². The van der Waals surface area contributed by atoms with E-state index >= 15 is 0 Å². The van der Waals surface area contributed by atoms with Crippen LogP contribution in [0.15, 0.2) is 54.0 Å². The highest BCUT2D eigenvalue weighted by Gasteiger charge is 2.24. The van der Waals surface area contributed by atoms with Crippen LogP contribution in [0.4, 0.5) is 0 Å². The monoisotopic (exact) mass is 472 g/mol. The smallest absolute Gasteiger partial charge is 0.267 e. The molecule has 6 nitrogen and oxygen atoms in total. The van der Waals surface area contributed by atoms with Crippen LogP contribution in [0.25, 0.3) is 10.9 Å². The van der Waals surface area contributed by atoms with Crippen LogP contribution in [0.5, 0.6) is 0 Å². The molecule has 2 amide bonds. The van der Waals surface area contributed by atoms with Crippen LogP contribution in [0.2, 0.25) is 0 Å². The van der Waals surface area contributed by atoms with Gasteiger partial charge in [-0.2, -0.15) is 0 Å². The molecule has 4 heterocycles. The Bertz CT molecular complexity index is 1290. The highest BCUT2D eigenvalue weighted by Crippen LogP contribution is 2.25. The second kappa shape index (κ2) is 9.81. The van der Waals surface area contributed by atoms with Crippen LogP contribution in [0.3, 0.4) is 0 Å². The number of amides is 2. The van der Waals surface area contributed by atoms with E-state index < -0.39 is 0 Å². The topological polar surface area (TPSA) is 78.1 Å². The van der Waals surface area contributed by atoms with E-state index in [-0.39, 0.29) is 11.8 Å². The number of hydrogen-bond acceptors (Lipinski definition) is 4. The summed E-state index contributed by atoms with van der Waals surface area (Å²) in [5.41, 5.74) is 5.78. The number of benzene rings is 1. The summed E-state index contributed by atoms with van der Waals surface area (Å²) in [6, 6.07) is 13.9. The van der Waals surface area contributed by atoms with Gasteiger partial charge in [0.15, 0.2) is 0 Å². The Kier molecular flexibility index (Phi) is 6.45. The first-order valence-corrected chi connectivity index (χ1v) is 12.6. The molecular weight excluding hydrogens is 444 g/mol. The molecule has 1 aliphatic rings. The lowest BCUT2D eigenvalue weighted by atomic mass is 9.94. The lowest BCUT2D eigenvalue weighted by molar-refractivity contribution is -0.132. The van der Waals surface area contributed by atoms with Gasteiger partial charge in [0.25, 0.3) is 5.91 Å². The van der Waals surface area contributed by atoms with Crippen LogP contribution in [-0.2, 0) is 30.7 Å². The van der Waals surface area contributed by atoms with Crippen molar-refractivity contribution in [1.82, 2.24) is 20.2 Å². The maximum atomic E-state index is 12.8. The van der Waals surface area contributed by atoms with Gasteiger partial charge in [0.2, 0.25) is 5.91 Å². The Balaban J connectivity index is 1.22. The van der Waals surface area contributed by atoms with E-state index in [0.717, 1.165) is 47.0 Å². The number of rotatable bonds is 7. The minimum atomic E-state index is -0.133. The van der Waals surface area contributed by atoms with Crippen molar-refractivity contribution >= 4 is 34.1 Å². The summed E-state index contributed by atoms with van der Waals surface area (Å²) in [4.78, 5) is 36.6. The molecule has 0 fully saturated rings.